The van der Waals surface area contributed by atoms with Gasteiger partial charge in [-0.1, -0.05) is 379 Å². The highest BCUT2D eigenvalue weighted by Gasteiger charge is 2.54. The van der Waals surface area contributed by atoms with Gasteiger partial charge < -0.3 is 9.80 Å². The molecule has 15 aromatic carbocycles. The van der Waals surface area contributed by atoms with Gasteiger partial charge in [-0.2, -0.15) is 0 Å². The van der Waals surface area contributed by atoms with Crippen molar-refractivity contribution in [2.24, 2.45) is 0 Å². The molecule has 2 aliphatic heterocycles. The Kier molecular flexibility index (Phi) is 18.1. The van der Waals surface area contributed by atoms with Crippen LogP contribution in [0, 0.1) is 0 Å². The minimum Gasteiger partial charge on any atom is -0.342 e. The summed E-state index contributed by atoms with van der Waals surface area (Å²) in [6, 6.07) is 128. The minimum absolute atomic E-state index is 0.00319. The summed E-state index contributed by atoms with van der Waals surface area (Å²) < 4.78 is 0. The molecule has 0 radical (unpaired) electrons. The standard InChI is InChI=1S/C116H105BN2/c1-112(2,3)84-60-54-78(95(72-84)82-56-62-93-91-46-26-32-52-101(91)115(103(93)68-82)97-48-28-22-42-87(97)88-43-23-29-49-98(88)115)40-16-10-12-34-66-118-107-64-58-80(76-36-18-14-19-37-76)70-105(107)117-106-71-81(77-38-20-15-21-39-77)59-65-108(106)119(110-75-86(114(7,8)9)74-109(118)111(110)117)67-35-13-11-17-41-79-55-61-85(113(4,5)6)73-96(79)83-57-63-94-92-47-27-33-53-102(92)116(104(94)69-83)99-50-30-24-44-89(99)90-45-25-31-51-100(90)116/h14-15,18-33,36-39,42-65,68-75H,10-13,16-17,34-35,40-41,66-67H2,1-9H3. The van der Waals surface area contributed by atoms with Crippen molar-refractivity contribution in [2.75, 3.05) is 22.9 Å². The molecule has 4 aliphatic carbocycles. The van der Waals surface area contributed by atoms with Crippen LogP contribution in [0.25, 0.3) is 89.0 Å². The maximum absolute atomic E-state index is 2.77. The summed E-state index contributed by atoms with van der Waals surface area (Å²) in [6.07, 6.45) is 11.0. The second-order valence-corrected chi connectivity index (χ2v) is 38.1. The summed E-state index contributed by atoms with van der Waals surface area (Å²) in [5.74, 6) is 0. The highest BCUT2D eigenvalue weighted by molar-refractivity contribution is 7.00. The monoisotopic (exact) mass is 1540 g/mol. The average Bonchev–Trinajstić information content (AvgIpc) is 1.47. The molecule has 2 heterocycles. The fourth-order valence-electron chi connectivity index (χ4n) is 22.2. The van der Waals surface area contributed by atoms with Gasteiger partial charge in [0, 0.05) is 35.8 Å². The predicted molar refractivity (Wildman–Crippen MR) is 506 cm³/mol. The highest BCUT2D eigenvalue weighted by Crippen LogP contribution is 2.65. The molecule has 6 aliphatic rings. The van der Waals surface area contributed by atoms with Crippen molar-refractivity contribution in [3.63, 3.8) is 0 Å². The van der Waals surface area contributed by atoms with Crippen LogP contribution in [0.2, 0.25) is 0 Å². The van der Waals surface area contributed by atoms with Gasteiger partial charge in [-0.25, -0.2) is 0 Å². The van der Waals surface area contributed by atoms with E-state index in [1.54, 1.807) is 0 Å². The van der Waals surface area contributed by atoms with E-state index in [9.17, 15) is 0 Å². The van der Waals surface area contributed by atoms with Crippen LogP contribution in [-0.4, -0.2) is 19.8 Å². The van der Waals surface area contributed by atoms with Crippen LogP contribution >= 0.6 is 0 Å². The molecular weight excluding hydrogens is 1430 g/mol. The van der Waals surface area contributed by atoms with Crippen LogP contribution < -0.4 is 26.2 Å². The molecule has 0 N–H and O–H groups in total. The molecule has 15 aromatic rings. The van der Waals surface area contributed by atoms with E-state index in [1.165, 1.54) is 200 Å². The molecule has 3 heteroatoms. The largest absolute Gasteiger partial charge is 0.342 e. The molecule has 2 nitrogen and oxygen atoms in total. The van der Waals surface area contributed by atoms with Crippen molar-refractivity contribution < 1.29 is 0 Å². The van der Waals surface area contributed by atoms with Crippen molar-refractivity contribution in [2.45, 2.75) is 154 Å². The van der Waals surface area contributed by atoms with Gasteiger partial charge in [-0.15, -0.1) is 0 Å². The zero-order valence-electron chi connectivity index (χ0n) is 70.6. The number of hydrogen-bond donors (Lipinski definition) is 0. The van der Waals surface area contributed by atoms with Crippen molar-refractivity contribution in [1.29, 1.82) is 0 Å². The molecule has 0 saturated heterocycles. The Morgan fingerprint density at radius 2 is 0.538 bits per heavy atom. The maximum atomic E-state index is 2.77. The second kappa shape index (κ2) is 28.9. The van der Waals surface area contributed by atoms with Gasteiger partial charge >= 0.3 is 0 Å². The Labute approximate surface area is 706 Å². The first kappa shape index (κ1) is 74.5. The first-order chi connectivity index (χ1) is 57.9. The van der Waals surface area contributed by atoms with E-state index in [0.717, 1.165) is 77.3 Å². The SMILES string of the molecule is CC(C)(C)c1ccc(CCCCCCN2c3ccc(-c4ccccc4)cc3B3c4cc(-c5ccccc5)ccc4N(CCCCCCc4ccc(C(C)(C)C)cc4-c4ccc5c(c4)C4(c6ccccc6-c6ccccc64)c4ccccc4-5)c4cc(C(C)(C)C)cc2c43)c(-c2ccc3c(c2)C2(c4ccccc4-c4ccccc42)c2ccccc2-3)c1. The Balaban J connectivity index is 0.583. The molecule has 0 atom stereocenters. The molecule has 0 bridgehead atoms. The van der Waals surface area contributed by atoms with Gasteiger partial charge in [0.05, 0.1) is 10.8 Å². The van der Waals surface area contributed by atoms with Crippen LogP contribution in [0.3, 0.4) is 0 Å². The number of aryl methyl sites for hydroxylation is 2. The number of rotatable bonds is 18. The topological polar surface area (TPSA) is 6.48 Å². The van der Waals surface area contributed by atoms with E-state index in [2.05, 4.69) is 400 Å². The van der Waals surface area contributed by atoms with E-state index in [4.69, 9.17) is 0 Å². The smallest absolute Gasteiger partial charge is 0.252 e. The minimum atomic E-state index is -0.390. The molecule has 0 saturated carbocycles. The lowest BCUT2D eigenvalue weighted by atomic mass is 9.33. The van der Waals surface area contributed by atoms with Crippen molar-refractivity contribution in [3.05, 3.63) is 400 Å². The van der Waals surface area contributed by atoms with Gasteiger partial charge in [0.15, 0.2) is 0 Å². The van der Waals surface area contributed by atoms with Gasteiger partial charge in [-0.05, 0) is 269 Å². The summed E-state index contributed by atoms with van der Waals surface area (Å²) in [5.41, 5.74) is 48.1. The molecule has 582 valence electrons. The third-order valence-corrected chi connectivity index (χ3v) is 28.1. The maximum Gasteiger partial charge on any atom is 0.252 e. The van der Waals surface area contributed by atoms with Crippen LogP contribution in [0.4, 0.5) is 22.7 Å². The van der Waals surface area contributed by atoms with E-state index in [0.29, 0.717) is 0 Å². The first-order valence-electron chi connectivity index (χ1n) is 44.2. The third-order valence-electron chi connectivity index (χ3n) is 28.1. The number of hydrogen-bond acceptors (Lipinski definition) is 2. The van der Waals surface area contributed by atoms with E-state index in [1.807, 2.05) is 0 Å². The summed E-state index contributed by atoms with van der Waals surface area (Å²) in [5, 5.41) is 0. The quantitative estimate of drug-likeness (QED) is 0.0624. The molecule has 0 fully saturated rings. The lowest BCUT2D eigenvalue weighted by Gasteiger charge is -2.45. The summed E-state index contributed by atoms with van der Waals surface area (Å²) in [7, 11) is 0. The zero-order chi connectivity index (χ0) is 80.7. The molecule has 119 heavy (non-hydrogen) atoms. The van der Waals surface area contributed by atoms with Crippen LogP contribution in [0.5, 0.6) is 0 Å². The van der Waals surface area contributed by atoms with Gasteiger partial charge in [-0.3, -0.25) is 0 Å². The normalized spacial score (nSPS) is 14.2. The lowest BCUT2D eigenvalue weighted by Crippen LogP contribution is -2.62. The molecule has 2 spiro atoms. The summed E-state index contributed by atoms with van der Waals surface area (Å²) in [4.78, 5) is 5.55. The Bertz CT molecular complexity index is 6020. The summed E-state index contributed by atoms with van der Waals surface area (Å²) in [6.45, 7) is 23.4. The van der Waals surface area contributed by atoms with Gasteiger partial charge in [0.1, 0.15) is 0 Å². The molecule has 0 unspecified atom stereocenters. The van der Waals surface area contributed by atoms with E-state index < -0.39 is 10.8 Å². The van der Waals surface area contributed by atoms with Crippen LogP contribution in [0.1, 0.15) is 186 Å². The van der Waals surface area contributed by atoms with Gasteiger partial charge in [0.2, 0.25) is 0 Å². The first-order valence-corrected chi connectivity index (χ1v) is 44.2. The number of benzene rings is 15. The fourth-order valence-corrected chi connectivity index (χ4v) is 22.2. The van der Waals surface area contributed by atoms with Crippen molar-refractivity contribution >= 4 is 45.9 Å². The van der Waals surface area contributed by atoms with E-state index in [-0.39, 0.29) is 23.0 Å². The molecule has 0 amide bonds. The number of unbranched alkanes of at least 4 members (excludes halogenated alkanes) is 6. The average molecular weight is 1540 g/mol. The van der Waals surface area contributed by atoms with Crippen LogP contribution in [0.15, 0.2) is 328 Å². The van der Waals surface area contributed by atoms with E-state index >= 15 is 0 Å². The Morgan fingerprint density at radius 3 is 0.882 bits per heavy atom. The third kappa shape index (κ3) is 12.1. The highest BCUT2D eigenvalue weighted by atomic mass is 15.2. The number of fused-ring (bicyclic) bond motifs is 24. The molecular formula is C116H105BN2. The Morgan fingerprint density at radius 1 is 0.227 bits per heavy atom. The molecule has 21 rings (SSSR count). The molecule has 0 aromatic heterocycles. The van der Waals surface area contributed by atoms with Crippen molar-refractivity contribution in [1.82, 2.24) is 0 Å². The fraction of sp³-hybridized carbons (Fsp3) is 0.224. The summed E-state index contributed by atoms with van der Waals surface area (Å²) >= 11 is 0. The Hall–Kier alpha value is -12.0. The second-order valence-electron chi connectivity index (χ2n) is 38.1. The van der Waals surface area contributed by atoms with Gasteiger partial charge in [0.25, 0.3) is 6.71 Å². The van der Waals surface area contributed by atoms with Crippen LogP contribution in [-0.2, 0) is 39.9 Å². The number of nitrogens with zero attached hydrogens (tertiary/aromatic N) is 2. The van der Waals surface area contributed by atoms with Crippen molar-refractivity contribution in [3.8, 4) is 89.0 Å². The lowest BCUT2D eigenvalue weighted by molar-refractivity contribution is 0.589. The number of anilines is 4. The zero-order valence-corrected chi connectivity index (χ0v) is 70.6. The predicted octanol–water partition coefficient (Wildman–Crippen LogP) is 28.0.